The molecule has 2 amide bonds. The van der Waals surface area contributed by atoms with E-state index in [1.54, 1.807) is 103 Å². The number of hydrogen-bond donors (Lipinski definition) is 4. The summed E-state index contributed by atoms with van der Waals surface area (Å²) in [5, 5.41) is 31.5. The number of rotatable bonds is 10. The molecule has 0 saturated heterocycles. The zero-order valence-electron chi connectivity index (χ0n) is 26.6. The predicted molar refractivity (Wildman–Crippen MR) is 195 cm³/mol. The molecule has 0 heterocycles. The van der Waals surface area contributed by atoms with Gasteiger partial charge in [-0.1, -0.05) is 18.2 Å². The van der Waals surface area contributed by atoms with Crippen molar-refractivity contribution >= 4 is 82.5 Å². The number of azo groups is 3. The Morgan fingerprint density at radius 1 is 0.462 bits per heavy atom. The molecular weight excluding hydrogens is 709 g/mol. The lowest BCUT2D eigenvalue weighted by atomic mass is 10.1. The lowest BCUT2D eigenvalue weighted by molar-refractivity contribution is 0.262. The Bertz CT molecular complexity index is 2560. The van der Waals surface area contributed by atoms with Gasteiger partial charge in [-0.05, 0) is 121 Å². The van der Waals surface area contributed by atoms with E-state index in [2.05, 4.69) is 41.3 Å². The largest absolute Gasteiger partial charge is 0.323 e. The summed E-state index contributed by atoms with van der Waals surface area (Å²) in [6.45, 7) is 0. The molecule has 15 nitrogen and oxygen atoms in total. The molecule has 17 heteroatoms. The fraction of sp³-hybridized carbons (Fsp3) is 0. The van der Waals surface area contributed by atoms with Gasteiger partial charge in [0.1, 0.15) is 4.90 Å². The number of amides is 2. The maximum atomic E-state index is 12.3. The summed E-state index contributed by atoms with van der Waals surface area (Å²) in [7, 11) is -8.72. The summed E-state index contributed by atoms with van der Waals surface area (Å²) in [5.41, 5.74) is 4.06. The van der Waals surface area contributed by atoms with E-state index in [-0.39, 0.29) is 9.79 Å². The molecular formula is C35H26N8O7S2. The van der Waals surface area contributed by atoms with Crippen molar-refractivity contribution < 1.29 is 30.7 Å². The SMILES string of the molecule is O=C(Nc1ccc(N=Nc2ccc(N=Nc3ccc(N=Nc4ccc5cccc(S(=O)(=O)O)c5c4)cc3)cc2)cc1)Nc1ccc(S(=O)(=O)O)cc1. The van der Waals surface area contributed by atoms with Crippen molar-refractivity contribution in [2.24, 2.45) is 30.7 Å². The summed E-state index contributed by atoms with van der Waals surface area (Å²) in [6.07, 6.45) is 0. The van der Waals surface area contributed by atoms with Crippen LogP contribution in [0.2, 0.25) is 0 Å². The molecule has 0 aromatic heterocycles. The number of hydrogen-bond acceptors (Lipinski definition) is 11. The highest BCUT2D eigenvalue weighted by molar-refractivity contribution is 7.86. The monoisotopic (exact) mass is 734 g/mol. The molecule has 4 N–H and O–H groups in total. The summed E-state index contributed by atoms with van der Waals surface area (Å²) < 4.78 is 64.4. The highest BCUT2D eigenvalue weighted by Gasteiger charge is 2.14. The van der Waals surface area contributed by atoms with Crippen LogP contribution in [0.4, 0.5) is 50.3 Å². The van der Waals surface area contributed by atoms with Crippen molar-refractivity contribution in [3.8, 4) is 0 Å². The molecule has 0 unspecified atom stereocenters. The number of carbonyl (C=O) groups excluding carboxylic acids is 1. The number of benzene rings is 6. The normalized spacial score (nSPS) is 12.2. The summed E-state index contributed by atoms with van der Waals surface area (Å²) >= 11 is 0. The highest BCUT2D eigenvalue weighted by Crippen LogP contribution is 2.29. The van der Waals surface area contributed by atoms with E-state index in [9.17, 15) is 26.2 Å². The number of nitrogens with one attached hydrogen (secondary N) is 2. The van der Waals surface area contributed by atoms with Crippen molar-refractivity contribution in [3.05, 3.63) is 133 Å². The molecule has 260 valence electrons. The lowest BCUT2D eigenvalue weighted by Gasteiger charge is -2.08. The van der Waals surface area contributed by atoms with Crippen LogP contribution in [0.15, 0.2) is 174 Å². The summed E-state index contributed by atoms with van der Waals surface area (Å²) in [4.78, 5) is 11.8. The molecule has 6 aromatic carbocycles. The van der Waals surface area contributed by atoms with Crippen molar-refractivity contribution in [2.45, 2.75) is 9.79 Å². The van der Waals surface area contributed by atoms with Gasteiger partial charge in [0.05, 0.1) is 39.0 Å². The Morgan fingerprint density at radius 2 is 0.846 bits per heavy atom. The van der Waals surface area contributed by atoms with Crippen molar-refractivity contribution in [3.63, 3.8) is 0 Å². The van der Waals surface area contributed by atoms with E-state index >= 15 is 0 Å². The third-order valence-electron chi connectivity index (χ3n) is 7.18. The maximum Gasteiger partial charge on any atom is 0.323 e. The topological polar surface area (TPSA) is 224 Å². The minimum absolute atomic E-state index is 0.200. The molecule has 0 spiro atoms. The highest BCUT2D eigenvalue weighted by atomic mass is 32.2. The van der Waals surface area contributed by atoms with Crippen molar-refractivity contribution in [1.29, 1.82) is 0 Å². The van der Waals surface area contributed by atoms with Gasteiger partial charge < -0.3 is 10.6 Å². The Morgan fingerprint density at radius 3 is 1.27 bits per heavy atom. The van der Waals surface area contributed by atoms with Crippen LogP contribution in [0, 0.1) is 0 Å². The Hall–Kier alpha value is -6.53. The van der Waals surface area contributed by atoms with E-state index in [1.807, 2.05) is 0 Å². The Kier molecular flexibility index (Phi) is 10.3. The van der Waals surface area contributed by atoms with Gasteiger partial charge in [0.25, 0.3) is 20.2 Å². The second-order valence-electron chi connectivity index (χ2n) is 10.9. The molecule has 0 radical (unpaired) electrons. The lowest BCUT2D eigenvalue weighted by Crippen LogP contribution is -2.19. The molecule has 0 aliphatic rings. The molecule has 0 fully saturated rings. The first-order valence-corrected chi connectivity index (χ1v) is 18.0. The first-order valence-electron chi connectivity index (χ1n) is 15.1. The minimum atomic E-state index is -4.40. The molecule has 52 heavy (non-hydrogen) atoms. The van der Waals surface area contributed by atoms with Gasteiger partial charge in [-0.3, -0.25) is 9.11 Å². The van der Waals surface area contributed by atoms with E-state index < -0.39 is 26.3 Å². The van der Waals surface area contributed by atoms with Gasteiger partial charge in [0, 0.05) is 16.8 Å². The van der Waals surface area contributed by atoms with Crippen LogP contribution in [0.5, 0.6) is 0 Å². The molecule has 0 aliphatic carbocycles. The second-order valence-corrected chi connectivity index (χ2v) is 13.7. The van der Waals surface area contributed by atoms with Gasteiger partial charge in [0.15, 0.2) is 0 Å². The van der Waals surface area contributed by atoms with Crippen molar-refractivity contribution in [1.82, 2.24) is 0 Å². The number of nitrogens with zero attached hydrogens (tertiary/aromatic N) is 6. The van der Waals surface area contributed by atoms with Crippen LogP contribution in [-0.4, -0.2) is 32.0 Å². The average molecular weight is 735 g/mol. The van der Waals surface area contributed by atoms with Gasteiger partial charge in [-0.25, -0.2) is 4.79 Å². The second kappa shape index (κ2) is 15.2. The van der Waals surface area contributed by atoms with E-state index in [0.717, 1.165) is 0 Å². The molecule has 0 bridgehead atoms. The van der Waals surface area contributed by atoms with Crippen molar-refractivity contribution in [2.75, 3.05) is 10.6 Å². The molecule has 6 rings (SSSR count). The van der Waals surface area contributed by atoms with Crippen LogP contribution in [-0.2, 0) is 20.2 Å². The first kappa shape index (κ1) is 35.3. The smallest absolute Gasteiger partial charge is 0.308 e. The number of anilines is 2. The fourth-order valence-electron chi connectivity index (χ4n) is 4.65. The van der Waals surface area contributed by atoms with E-state index in [1.165, 1.54) is 30.3 Å². The maximum absolute atomic E-state index is 12.3. The average Bonchev–Trinajstić information content (AvgIpc) is 3.13. The van der Waals surface area contributed by atoms with Gasteiger partial charge in [-0.15, -0.1) is 0 Å². The zero-order valence-corrected chi connectivity index (χ0v) is 28.3. The third-order valence-corrected chi connectivity index (χ3v) is 8.96. The zero-order chi connectivity index (χ0) is 36.7. The fourth-order valence-corrected chi connectivity index (χ4v) is 5.84. The standard InChI is InChI=1S/C35H26N8O7S2/c44-35(37-25-18-20-32(21-19-25)51(45,46)47)36-24-6-8-26(9-7-24)38-39-27-10-12-28(13-11-27)40-41-29-14-16-30(17-15-29)42-43-31-5-4-23-2-1-3-34(33(23)22-31)52(48,49)50/h1-22H,(H2,36,37,44)(H,45,46,47)(H,48,49,50). The number of urea groups is 1. The number of carbonyl (C=O) groups is 1. The molecule has 6 aromatic rings. The Labute approximate surface area is 297 Å². The number of fused-ring (bicyclic) bond motifs is 1. The van der Waals surface area contributed by atoms with E-state index in [4.69, 9.17) is 4.55 Å². The molecule has 0 atom stereocenters. The Balaban J connectivity index is 1.00. The quantitative estimate of drug-likeness (QED) is 0.0786. The van der Waals surface area contributed by atoms with E-state index in [0.29, 0.717) is 56.3 Å². The van der Waals surface area contributed by atoms with Gasteiger partial charge in [0.2, 0.25) is 0 Å². The summed E-state index contributed by atoms with van der Waals surface area (Å²) in [6, 6.07) is 34.5. The van der Waals surface area contributed by atoms with Gasteiger partial charge >= 0.3 is 6.03 Å². The van der Waals surface area contributed by atoms with Crippen LogP contribution < -0.4 is 10.6 Å². The molecule has 0 saturated carbocycles. The van der Waals surface area contributed by atoms with Gasteiger partial charge in [-0.2, -0.15) is 47.5 Å². The van der Waals surface area contributed by atoms with Crippen LogP contribution in [0.1, 0.15) is 0 Å². The summed E-state index contributed by atoms with van der Waals surface area (Å²) in [5.74, 6) is 0. The predicted octanol–water partition coefficient (Wildman–Crippen LogP) is 10.2. The van der Waals surface area contributed by atoms with Crippen LogP contribution in [0.25, 0.3) is 10.8 Å². The van der Waals surface area contributed by atoms with Crippen LogP contribution >= 0.6 is 0 Å². The van der Waals surface area contributed by atoms with Crippen LogP contribution in [0.3, 0.4) is 0 Å². The minimum Gasteiger partial charge on any atom is -0.308 e. The molecule has 0 aliphatic heterocycles. The first-order chi connectivity index (χ1) is 24.9. The third kappa shape index (κ3) is 9.37.